The van der Waals surface area contributed by atoms with E-state index in [4.69, 9.17) is 11.6 Å². The summed E-state index contributed by atoms with van der Waals surface area (Å²) in [7, 11) is 0. The Kier molecular flexibility index (Phi) is 4.36. The minimum atomic E-state index is -0.505. The van der Waals surface area contributed by atoms with Gasteiger partial charge in [-0.1, -0.05) is 31.0 Å². The van der Waals surface area contributed by atoms with Crippen LogP contribution in [0.25, 0.3) is 0 Å². The van der Waals surface area contributed by atoms with E-state index in [0.717, 1.165) is 6.42 Å². The molecule has 0 aliphatic carbocycles. The smallest absolute Gasteiger partial charge is 0.127 e. The van der Waals surface area contributed by atoms with Crippen LogP contribution >= 0.6 is 11.6 Å². The van der Waals surface area contributed by atoms with E-state index in [0.29, 0.717) is 23.4 Å². The molecule has 1 rings (SSSR count). The molecule has 0 bridgehead atoms. The van der Waals surface area contributed by atoms with E-state index in [1.807, 2.05) is 6.92 Å². The Hall–Kier alpha value is -0.600. The van der Waals surface area contributed by atoms with Crippen LogP contribution in [0, 0.1) is 5.82 Å². The molecule has 3 heteroatoms. The number of aliphatic hydroxyl groups excluding tert-OH is 1. The fraction of sp³-hybridized carbons (Fsp3) is 0.455. The molecule has 0 heterocycles. The van der Waals surface area contributed by atoms with Crippen molar-refractivity contribution in [2.24, 2.45) is 0 Å². The summed E-state index contributed by atoms with van der Waals surface area (Å²) in [6.45, 7) is 1.98. The minimum Gasteiger partial charge on any atom is -0.393 e. The van der Waals surface area contributed by atoms with Crippen molar-refractivity contribution in [2.45, 2.75) is 32.3 Å². The van der Waals surface area contributed by atoms with E-state index in [1.54, 1.807) is 12.1 Å². The molecule has 1 N–H and O–H groups in total. The summed E-state index contributed by atoms with van der Waals surface area (Å²) < 4.78 is 13.3. The maximum Gasteiger partial charge on any atom is 0.127 e. The lowest BCUT2D eigenvalue weighted by atomic mass is 10.0. The van der Waals surface area contributed by atoms with Gasteiger partial charge in [-0.2, -0.15) is 0 Å². The van der Waals surface area contributed by atoms with Gasteiger partial charge in [-0.25, -0.2) is 4.39 Å². The second-order valence-electron chi connectivity index (χ2n) is 3.35. The van der Waals surface area contributed by atoms with Crippen molar-refractivity contribution in [3.05, 3.63) is 34.6 Å². The van der Waals surface area contributed by atoms with Gasteiger partial charge >= 0.3 is 0 Å². The maximum atomic E-state index is 13.3. The Morgan fingerprint density at radius 2 is 2.21 bits per heavy atom. The minimum absolute atomic E-state index is 0.291. The van der Waals surface area contributed by atoms with Crippen LogP contribution in [-0.2, 0) is 6.42 Å². The lowest BCUT2D eigenvalue weighted by Gasteiger charge is -2.11. The highest BCUT2D eigenvalue weighted by Crippen LogP contribution is 2.21. The largest absolute Gasteiger partial charge is 0.393 e. The van der Waals surface area contributed by atoms with Crippen molar-refractivity contribution in [1.29, 1.82) is 0 Å². The van der Waals surface area contributed by atoms with Crippen LogP contribution in [0.4, 0.5) is 4.39 Å². The molecule has 1 aromatic rings. The van der Waals surface area contributed by atoms with Crippen molar-refractivity contribution in [3.63, 3.8) is 0 Å². The van der Waals surface area contributed by atoms with Crippen LogP contribution in [0.1, 0.15) is 25.3 Å². The average molecular weight is 217 g/mol. The van der Waals surface area contributed by atoms with E-state index < -0.39 is 6.10 Å². The van der Waals surface area contributed by atoms with Gasteiger partial charge < -0.3 is 5.11 Å². The fourth-order valence-corrected chi connectivity index (χ4v) is 1.64. The highest BCUT2D eigenvalue weighted by Gasteiger charge is 2.11. The van der Waals surface area contributed by atoms with E-state index in [-0.39, 0.29) is 5.82 Å². The molecule has 0 radical (unpaired) electrons. The number of benzene rings is 1. The Morgan fingerprint density at radius 3 is 2.79 bits per heavy atom. The molecule has 1 nitrogen and oxygen atoms in total. The highest BCUT2D eigenvalue weighted by atomic mass is 35.5. The SMILES string of the molecule is CCC[C@H](O)Cc1c(F)cccc1Cl. The van der Waals surface area contributed by atoms with Crippen LogP contribution < -0.4 is 0 Å². The molecular weight excluding hydrogens is 203 g/mol. The first kappa shape index (κ1) is 11.5. The van der Waals surface area contributed by atoms with E-state index >= 15 is 0 Å². The molecule has 0 spiro atoms. The molecule has 0 saturated heterocycles. The lowest BCUT2D eigenvalue weighted by Crippen LogP contribution is -2.11. The van der Waals surface area contributed by atoms with Gasteiger partial charge in [-0.05, 0) is 18.6 Å². The number of hydrogen-bond acceptors (Lipinski definition) is 1. The van der Waals surface area contributed by atoms with Crippen LogP contribution in [-0.4, -0.2) is 11.2 Å². The highest BCUT2D eigenvalue weighted by molar-refractivity contribution is 6.31. The lowest BCUT2D eigenvalue weighted by molar-refractivity contribution is 0.162. The third-order valence-corrected chi connectivity index (χ3v) is 2.48. The van der Waals surface area contributed by atoms with Crippen molar-refractivity contribution in [3.8, 4) is 0 Å². The van der Waals surface area contributed by atoms with Crippen molar-refractivity contribution in [2.75, 3.05) is 0 Å². The van der Waals surface area contributed by atoms with Crippen molar-refractivity contribution < 1.29 is 9.50 Å². The van der Waals surface area contributed by atoms with Crippen LogP contribution in [0.15, 0.2) is 18.2 Å². The Labute approximate surface area is 88.5 Å². The van der Waals surface area contributed by atoms with E-state index in [2.05, 4.69) is 0 Å². The molecule has 14 heavy (non-hydrogen) atoms. The standard InChI is InChI=1S/C11H14ClFO/c1-2-4-8(14)7-9-10(12)5-3-6-11(9)13/h3,5-6,8,14H,2,4,7H2,1H3/t8-/m0/s1. The van der Waals surface area contributed by atoms with Gasteiger partial charge in [-0.15, -0.1) is 0 Å². The van der Waals surface area contributed by atoms with Crippen molar-refractivity contribution >= 4 is 11.6 Å². The third-order valence-electron chi connectivity index (χ3n) is 2.12. The summed E-state index contributed by atoms with van der Waals surface area (Å²) in [5.41, 5.74) is 0.412. The van der Waals surface area contributed by atoms with Gasteiger partial charge in [0.25, 0.3) is 0 Å². The zero-order valence-corrected chi connectivity index (χ0v) is 8.89. The zero-order chi connectivity index (χ0) is 10.6. The van der Waals surface area contributed by atoms with Gasteiger partial charge in [0.2, 0.25) is 0 Å². The number of halogens is 2. The third kappa shape index (κ3) is 2.96. The second-order valence-corrected chi connectivity index (χ2v) is 3.75. The van der Waals surface area contributed by atoms with Crippen LogP contribution in [0.2, 0.25) is 5.02 Å². The fourth-order valence-electron chi connectivity index (χ4n) is 1.40. The van der Waals surface area contributed by atoms with E-state index in [9.17, 15) is 9.50 Å². The van der Waals surface area contributed by atoms with Gasteiger partial charge in [0.1, 0.15) is 5.82 Å². The molecule has 78 valence electrons. The predicted molar refractivity (Wildman–Crippen MR) is 56.0 cm³/mol. The monoisotopic (exact) mass is 216 g/mol. The first-order chi connectivity index (χ1) is 6.65. The molecule has 1 aromatic carbocycles. The molecular formula is C11H14ClFO. The van der Waals surface area contributed by atoms with Crippen molar-refractivity contribution in [1.82, 2.24) is 0 Å². The zero-order valence-electron chi connectivity index (χ0n) is 8.13. The van der Waals surface area contributed by atoms with Gasteiger partial charge in [0.15, 0.2) is 0 Å². The summed E-state index contributed by atoms with van der Waals surface area (Å²) in [4.78, 5) is 0. The molecule has 0 aliphatic rings. The average Bonchev–Trinajstić information content (AvgIpc) is 2.12. The van der Waals surface area contributed by atoms with Gasteiger partial charge in [0.05, 0.1) is 6.10 Å². The summed E-state index contributed by atoms with van der Waals surface area (Å²) in [6.07, 6.45) is 1.34. The molecule has 0 fully saturated rings. The molecule has 0 unspecified atom stereocenters. The first-order valence-electron chi connectivity index (χ1n) is 4.76. The molecule has 0 saturated carbocycles. The van der Waals surface area contributed by atoms with Gasteiger partial charge in [0, 0.05) is 17.0 Å². The predicted octanol–water partition coefficient (Wildman–Crippen LogP) is 3.18. The van der Waals surface area contributed by atoms with Crippen LogP contribution in [0.3, 0.4) is 0 Å². The molecule has 0 aromatic heterocycles. The second kappa shape index (κ2) is 5.32. The Bertz CT molecular complexity index is 281. The molecule has 0 amide bonds. The first-order valence-corrected chi connectivity index (χ1v) is 5.14. The number of aliphatic hydroxyl groups is 1. The van der Waals surface area contributed by atoms with Gasteiger partial charge in [-0.3, -0.25) is 0 Å². The topological polar surface area (TPSA) is 20.2 Å². The number of rotatable bonds is 4. The normalized spacial score (nSPS) is 12.9. The maximum absolute atomic E-state index is 13.3. The summed E-state index contributed by atoms with van der Waals surface area (Å²) >= 11 is 5.82. The molecule has 0 aliphatic heterocycles. The summed E-state index contributed by atoms with van der Waals surface area (Å²) in [6, 6.07) is 4.56. The molecule has 1 atom stereocenters. The summed E-state index contributed by atoms with van der Waals surface area (Å²) in [5, 5.41) is 9.92. The Balaban J connectivity index is 2.75. The number of hydrogen-bond donors (Lipinski definition) is 1. The van der Waals surface area contributed by atoms with Crippen LogP contribution in [0.5, 0.6) is 0 Å². The quantitative estimate of drug-likeness (QED) is 0.820. The summed E-state index contributed by atoms with van der Waals surface area (Å²) in [5.74, 6) is -0.340. The van der Waals surface area contributed by atoms with E-state index in [1.165, 1.54) is 6.07 Å². The Morgan fingerprint density at radius 1 is 1.50 bits per heavy atom.